The second-order valence-electron chi connectivity index (χ2n) is 8.77. The maximum Gasteiger partial charge on any atom is 0.407 e. The molecule has 33 heavy (non-hydrogen) atoms. The van der Waals surface area contributed by atoms with E-state index in [2.05, 4.69) is 36.7 Å². The third-order valence-electron chi connectivity index (χ3n) is 7.03. The summed E-state index contributed by atoms with van der Waals surface area (Å²) in [6.07, 6.45) is 1.75. The zero-order chi connectivity index (χ0) is 23.6. The summed E-state index contributed by atoms with van der Waals surface area (Å²) >= 11 is 6.61. The number of nitrogens with one attached hydrogen (secondary N) is 2. The lowest BCUT2D eigenvalue weighted by Gasteiger charge is -2.37. The average molecular weight is 478 g/mol. The lowest BCUT2D eigenvalue weighted by molar-refractivity contribution is -0.0243. The predicted octanol–water partition coefficient (Wildman–Crippen LogP) is 3.22. The first-order valence-corrected chi connectivity index (χ1v) is 11.9. The number of nitrogens with zero attached hydrogens (tertiary/aromatic N) is 3. The Kier molecular flexibility index (Phi) is 7.11. The molecule has 1 aliphatic heterocycles. The Bertz CT molecular complexity index is 1010. The third-order valence-corrected chi connectivity index (χ3v) is 7.33. The maximum absolute atomic E-state index is 13.5. The van der Waals surface area contributed by atoms with E-state index in [-0.39, 0.29) is 17.6 Å². The number of alkyl carbamates (subject to hydrolysis) is 1. The number of halogens is 1. The van der Waals surface area contributed by atoms with Gasteiger partial charge in [-0.25, -0.2) is 9.78 Å². The van der Waals surface area contributed by atoms with Crippen molar-refractivity contribution in [3.63, 3.8) is 0 Å². The first kappa shape index (κ1) is 23.8. The summed E-state index contributed by atoms with van der Waals surface area (Å²) in [7, 11) is 2.89. The van der Waals surface area contributed by atoms with Gasteiger partial charge in [-0.2, -0.15) is 0 Å². The minimum Gasteiger partial charge on any atom is -0.453 e. The van der Waals surface area contributed by atoms with Crippen LogP contribution in [0.1, 0.15) is 43.2 Å². The quantitative estimate of drug-likeness (QED) is 0.616. The van der Waals surface area contributed by atoms with Gasteiger partial charge in [0.1, 0.15) is 5.60 Å². The minimum atomic E-state index is -0.967. The van der Waals surface area contributed by atoms with Crippen molar-refractivity contribution < 1.29 is 19.1 Å². The highest BCUT2D eigenvalue weighted by Gasteiger charge is 2.44. The molecule has 0 atom stereocenters. The van der Waals surface area contributed by atoms with E-state index in [9.17, 15) is 9.59 Å². The van der Waals surface area contributed by atoms with Gasteiger partial charge < -0.3 is 29.6 Å². The smallest absolute Gasteiger partial charge is 0.407 e. The second-order valence-corrected chi connectivity index (χ2v) is 9.17. The van der Waals surface area contributed by atoms with Gasteiger partial charge in [0, 0.05) is 39.3 Å². The number of H-pyrrole nitrogens is 1. The van der Waals surface area contributed by atoms with E-state index in [0.717, 1.165) is 43.9 Å². The Balaban J connectivity index is 1.52. The van der Waals surface area contributed by atoms with Gasteiger partial charge >= 0.3 is 6.09 Å². The Morgan fingerprint density at radius 3 is 2.52 bits per heavy atom. The number of aromatic amines is 1. The molecular weight excluding hydrogens is 446 g/mol. The number of hydrogen-bond donors (Lipinski definition) is 2. The Morgan fingerprint density at radius 1 is 1.21 bits per heavy atom. The normalized spacial score (nSPS) is 24.1. The molecule has 0 spiro atoms. The lowest BCUT2D eigenvalue weighted by atomic mass is 9.79. The molecule has 2 N–H and O–H groups in total. The van der Waals surface area contributed by atoms with Gasteiger partial charge in [0.05, 0.1) is 28.9 Å². The summed E-state index contributed by atoms with van der Waals surface area (Å²) in [6, 6.07) is 3.76. The fourth-order valence-corrected chi connectivity index (χ4v) is 5.15. The first-order chi connectivity index (χ1) is 15.9. The molecule has 2 aromatic rings. The van der Waals surface area contributed by atoms with Crippen molar-refractivity contribution >= 4 is 40.2 Å². The summed E-state index contributed by atoms with van der Waals surface area (Å²) in [5.41, 5.74) is 1.43. The van der Waals surface area contributed by atoms with Crippen molar-refractivity contribution in [3.05, 3.63) is 23.0 Å². The van der Waals surface area contributed by atoms with E-state index in [1.54, 1.807) is 7.11 Å². The standard InChI is InChI=1S/C23H32ClN5O4/c1-4-28-9-11-29(12-10-28)19-14-18-17(13-16(19)24)26-21(27-18)20(30)23(33-3)7-5-15(6-8-23)25-22(31)32-2/h13-15H,4-12H2,1-3H3,(H,25,31)(H,26,27). The van der Waals surface area contributed by atoms with Crippen molar-refractivity contribution in [1.82, 2.24) is 20.2 Å². The van der Waals surface area contributed by atoms with Crippen LogP contribution in [-0.4, -0.2) is 85.3 Å². The highest BCUT2D eigenvalue weighted by Crippen LogP contribution is 2.36. The number of ketones is 1. The predicted molar refractivity (Wildman–Crippen MR) is 127 cm³/mol. The maximum atomic E-state index is 13.5. The van der Waals surface area contributed by atoms with Crippen LogP contribution in [0.3, 0.4) is 0 Å². The van der Waals surface area contributed by atoms with Crippen molar-refractivity contribution in [2.45, 2.75) is 44.2 Å². The molecule has 1 saturated carbocycles. The number of carbonyl (C=O) groups is 2. The zero-order valence-corrected chi connectivity index (χ0v) is 20.2. The van der Waals surface area contributed by atoms with Gasteiger partial charge in [-0.1, -0.05) is 18.5 Å². The largest absolute Gasteiger partial charge is 0.453 e. The average Bonchev–Trinajstić information content (AvgIpc) is 3.26. The van der Waals surface area contributed by atoms with Crippen LogP contribution >= 0.6 is 11.6 Å². The van der Waals surface area contributed by atoms with Crippen molar-refractivity contribution in [3.8, 4) is 0 Å². The second kappa shape index (κ2) is 9.87. The summed E-state index contributed by atoms with van der Waals surface area (Å²) < 4.78 is 10.4. The highest BCUT2D eigenvalue weighted by atomic mass is 35.5. The Morgan fingerprint density at radius 2 is 1.91 bits per heavy atom. The Hall–Kier alpha value is -2.36. The summed E-state index contributed by atoms with van der Waals surface area (Å²) in [6.45, 7) is 7.04. The van der Waals surface area contributed by atoms with Crippen molar-refractivity contribution in [1.29, 1.82) is 0 Å². The number of ether oxygens (including phenoxy) is 2. The number of anilines is 1. The SMILES string of the molecule is CCN1CCN(c2cc3[nH]c(C(=O)C4(OC)CCC(NC(=O)OC)CC4)nc3cc2Cl)CC1. The van der Waals surface area contributed by atoms with Crippen molar-refractivity contribution in [2.24, 2.45) is 0 Å². The van der Waals surface area contributed by atoms with Crippen LogP contribution in [0.5, 0.6) is 0 Å². The number of rotatable bonds is 6. The number of likely N-dealkylation sites (N-methyl/N-ethyl adjacent to an activating group) is 1. The molecule has 1 saturated heterocycles. The number of imidazole rings is 1. The van der Waals surface area contributed by atoms with E-state index >= 15 is 0 Å². The van der Waals surface area contributed by atoms with Gasteiger partial charge in [-0.15, -0.1) is 0 Å². The number of methoxy groups -OCH3 is 2. The van der Waals surface area contributed by atoms with Gasteiger partial charge in [0.2, 0.25) is 5.78 Å². The minimum absolute atomic E-state index is 0.0428. The van der Waals surface area contributed by atoms with E-state index in [1.807, 2.05) is 12.1 Å². The van der Waals surface area contributed by atoms with E-state index < -0.39 is 11.7 Å². The van der Waals surface area contributed by atoms with Gasteiger partial charge in [0.25, 0.3) is 0 Å². The summed E-state index contributed by atoms with van der Waals surface area (Å²) in [4.78, 5) is 37.4. The van der Waals surface area contributed by atoms with Gasteiger partial charge in [-0.3, -0.25) is 4.79 Å². The highest BCUT2D eigenvalue weighted by molar-refractivity contribution is 6.34. The van der Waals surface area contributed by atoms with Crippen molar-refractivity contribution in [2.75, 3.05) is 51.8 Å². The fraction of sp³-hybridized carbons (Fsp3) is 0.609. The zero-order valence-electron chi connectivity index (χ0n) is 19.4. The molecule has 4 rings (SSSR count). The number of benzene rings is 1. The van der Waals surface area contributed by atoms with Crippen LogP contribution in [-0.2, 0) is 9.47 Å². The molecule has 2 heterocycles. The first-order valence-electron chi connectivity index (χ1n) is 11.5. The molecule has 0 bridgehead atoms. The van der Waals surface area contributed by atoms with Gasteiger partial charge in [-0.05, 0) is 44.4 Å². The monoisotopic (exact) mass is 477 g/mol. The van der Waals surface area contributed by atoms with E-state index in [1.165, 1.54) is 7.11 Å². The van der Waals surface area contributed by atoms with E-state index in [4.69, 9.17) is 16.3 Å². The van der Waals surface area contributed by atoms with Gasteiger partial charge in [0.15, 0.2) is 5.82 Å². The topological polar surface area (TPSA) is 99.8 Å². The molecule has 2 aliphatic rings. The molecule has 1 amide bonds. The molecule has 180 valence electrons. The molecule has 1 aromatic heterocycles. The Labute approximate surface area is 198 Å². The molecular formula is C23H32ClN5O4. The van der Waals surface area contributed by atoms with Crippen LogP contribution in [0.25, 0.3) is 11.0 Å². The summed E-state index contributed by atoms with van der Waals surface area (Å²) in [5, 5.41) is 3.44. The molecule has 0 radical (unpaired) electrons. The molecule has 10 heteroatoms. The number of carbonyl (C=O) groups excluding carboxylic acids is 2. The fourth-order valence-electron chi connectivity index (χ4n) is 4.87. The molecule has 1 aromatic carbocycles. The lowest BCUT2D eigenvalue weighted by Crippen LogP contribution is -2.49. The molecule has 9 nitrogen and oxygen atoms in total. The van der Waals surface area contributed by atoms with Crippen LogP contribution in [0.15, 0.2) is 12.1 Å². The molecule has 0 unspecified atom stereocenters. The number of aromatic nitrogens is 2. The third kappa shape index (κ3) is 4.81. The van der Waals surface area contributed by atoms with Crippen LogP contribution < -0.4 is 10.2 Å². The number of amides is 1. The number of piperazine rings is 1. The molecule has 2 fully saturated rings. The molecule has 1 aliphatic carbocycles. The number of Topliss-reactive ketones (excluding diaryl/α,β-unsaturated/α-hetero) is 1. The number of hydrogen-bond acceptors (Lipinski definition) is 7. The van der Waals surface area contributed by atoms with Crippen LogP contribution in [0, 0.1) is 0 Å². The van der Waals surface area contributed by atoms with Crippen LogP contribution in [0.4, 0.5) is 10.5 Å². The van der Waals surface area contributed by atoms with Crippen LogP contribution in [0.2, 0.25) is 5.02 Å². The number of fused-ring (bicyclic) bond motifs is 1. The van der Waals surface area contributed by atoms with E-state index in [0.29, 0.717) is 36.2 Å². The summed E-state index contributed by atoms with van der Waals surface area (Å²) in [5.74, 6) is 0.0993.